The van der Waals surface area contributed by atoms with Gasteiger partial charge in [-0.25, -0.2) is 4.79 Å². The zero-order valence-corrected chi connectivity index (χ0v) is 12.2. The first-order valence-electron chi connectivity index (χ1n) is 5.15. The van der Waals surface area contributed by atoms with E-state index < -0.39 is 23.3 Å². The van der Waals surface area contributed by atoms with Crippen molar-refractivity contribution in [2.75, 3.05) is 0 Å². The Morgan fingerprint density at radius 2 is 1.56 bits per heavy atom. The molecule has 16 heavy (non-hydrogen) atoms. The van der Waals surface area contributed by atoms with E-state index in [-0.39, 0.29) is 35.5 Å². The second-order valence-corrected chi connectivity index (χ2v) is 3.87. The molecule has 0 radical (unpaired) electrons. The number of nitrogens with one attached hydrogen (secondary N) is 2. The van der Waals surface area contributed by atoms with Crippen LogP contribution < -0.4 is 40.2 Å². The number of urea groups is 1. The molecule has 4 amide bonds. The molecule has 2 N–H and O–H groups in total. The number of carbonyl (C=O) groups excluding carboxylic acids is 3. The molecule has 1 fully saturated rings. The van der Waals surface area contributed by atoms with Crippen LogP contribution in [0.1, 0.15) is 33.6 Å². The third-order valence-electron chi connectivity index (χ3n) is 3.28. The minimum Gasteiger partial charge on any atom is -0.277 e. The standard InChI is InChI=1S/C10H16N2O3.Na/c1-4-6(3)10(5-2)7(13)11-9(15)12-8(10)14;/h6H,4-5H2,1-3H3,(H2,11,12,13,14,15);/q;+1. The smallest absolute Gasteiger partial charge is 0.277 e. The normalized spacial score (nSPS) is 20.6. The predicted octanol–water partition coefficient (Wildman–Crippen LogP) is -2.20. The van der Waals surface area contributed by atoms with Crippen LogP contribution in [0.3, 0.4) is 0 Å². The van der Waals surface area contributed by atoms with E-state index in [4.69, 9.17) is 0 Å². The van der Waals surface area contributed by atoms with Gasteiger partial charge in [0, 0.05) is 0 Å². The molecular weight excluding hydrogens is 219 g/mol. The van der Waals surface area contributed by atoms with Crippen LogP contribution in [0.15, 0.2) is 0 Å². The van der Waals surface area contributed by atoms with Gasteiger partial charge in [0.05, 0.1) is 0 Å². The molecule has 1 aliphatic rings. The van der Waals surface area contributed by atoms with Gasteiger partial charge in [-0.05, 0) is 12.3 Å². The van der Waals surface area contributed by atoms with Gasteiger partial charge in [0.2, 0.25) is 11.8 Å². The minimum atomic E-state index is -1.09. The zero-order chi connectivity index (χ0) is 11.6. The van der Waals surface area contributed by atoms with Gasteiger partial charge in [0.15, 0.2) is 0 Å². The molecule has 0 saturated carbocycles. The number of hydrogen-bond acceptors (Lipinski definition) is 3. The third kappa shape index (κ3) is 2.31. The Morgan fingerprint density at radius 1 is 1.12 bits per heavy atom. The van der Waals surface area contributed by atoms with Gasteiger partial charge >= 0.3 is 35.6 Å². The van der Waals surface area contributed by atoms with Crippen molar-refractivity contribution < 1.29 is 43.9 Å². The molecule has 1 saturated heterocycles. The van der Waals surface area contributed by atoms with Crippen LogP contribution >= 0.6 is 0 Å². The van der Waals surface area contributed by atoms with Crippen molar-refractivity contribution in [1.29, 1.82) is 0 Å². The maximum atomic E-state index is 11.8. The van der Waals surface area contributed by atoms with E-state index in [0.717, 1.165) is 0 Å². The van der Waals surface area contributed by atoms with Gasteiger partial charge in [-0.1, -0.05) is 27.2 Å². The van der Waals surface area contributed by atoms with Crippen LogP contribution in [-0.4, -0.2) is 17.8 Å². The maximum Gasteiger partial charge on any atom is 1.00 e. The van der Waals surface area contributed by atoms with Gasteiger partial charge in [0.1, 0.15) is 5.41 Å². The molecule has 1 atom stereocenters. The molecule has 0 bridgehead atoms. The number of carbonyl (C=O) groups is 3. The average molecular weight is 235 g/mol. The van der Waals surface area contributed by atoms with Crippen molar-refractivity contribution in [3.8, 4) is 0 Å². The van der Waals surface area contributed by atoms with Gasteiger partial charge in [0.25, 0.3) is 0 Å². The Morgan fingerprint density at radius 3 is 1.88 bits per heavy atom. The fraction of sp³-hybridized carbons (Fsp3) is 0.700. The first-order chi connectivity index (χ1) is 6.98. The molecule has 0 aromatic rings. The summed E-state index contributed by atoms with van der Waals surface area (Å²) in [5.74, 6) is -1.04. The summed E-state index contributed by atoms with van der Waals surface area (Å²) < 4.78 is 0. The quantitative estimate of drug-likeness (QED) is 0.430. The Balaban J connectivity index is 0.00000225. The van der Waals surface area contributed by atoms with Crippen LogP contribution in [0.2, 0.25) is 0 Å². The van der Waals surface area contributed by atoms with Crippen LogP contribution in [0, 0.1) is 11.3 Å². The summed E-state index contributed by atoms with van der Waals surface area (Å²) >= 11 is 0. The summed E-state index contributed by atoms with van der Waals surface area (Å²) in [7, 11) is 0. The van der Waals surface area contributed by atoms with E-state index in [0.29, 0.717) is 12.8 Å². The topological polar surface area (TPSA) is 75.3 Å². The summed E-state index contributed by atoms with van der Waals surface area (Å²) in [6.45, 7) is 5.54. The minimum absolute atomic E-state index is 0. The average Bonchev–Trinajstić information content (AvgIpc) is 2.17. The van der Waals surface area contributed by atoms with E-state index in [1.54, 1.807) is 6.92 Å². The Hall–Kier alpha value is -0.390. The van der Waals surface area contributed by atoms with Crippen molar-refractivity contribution in [2.45, 2.75) is 33.6 Å². The number of imide groups is 2. The van der Waals surface area contributed by atoms with E-state index in [2.05, 4.69) is 10.6 Å². The van der Waals surface area contributed by atoms with Crippen molar-refractivity contribution in [3.05, 3.63) is 0 Å². The van der Waals surface area contributed by atoms with Crippen LogP contribution in [0.5, 0.6) is 0 Å². The Labute approximate surface area is 117 Å². The van der Waals surface area contributed by atoms with Gasteiger partial charge < -0.3 is 0 Å². The fourth-order valence-electron chi connectivity index (χ4n) is 2.03. The van der Waals surface area contributed by atoms with E-state index in [1.165, 1.54) is 0 Å². The summed E-state index contributed by atoms with van der Waals surface area (Å²) in [5.41, 5.74) is -1.09. The largest absolute Gasteiger partial charge is 1.00 e. The molecule has 1 heterocycles. The maximum absolute atomic E-state index is 11.8. The van der Waals surface area contributed by atoms with E-state index in [9.17, 15) is 14.4 Å². The van der Waals surface area contributed by atoms with Gasteiger partial charge in [-0.3, -0.25) is 20.2 Å². The van der Waals surface area contributed by atoms with Gasteiger partial charge in [-0.15, -0.1) is 0 Å². The van der Waals surface area contributed by atoms with Gasteiger partial charge in [-0.2, -0.15) is 0 Å². The first-order valence-corrected chi connectivity index (χ1v) is 5.15. The fourth-order valence-corrected chi connectivity index (χ4v) is 2.03. The van der Waals surface area contributed by atoms with Crippen molar-refractivity contribution in [3.63, 3.8) is 0 Å². The summed E-state index contributed by atoms with van der Waals surface area (Å²) in [6.07, 6.45) is 1.11. The third-order valence-corrected chi connectivity index (χ3v) is 3.28. The molecule has 5 nitrogen and oxygen atoms in total. The molecule has 0 aliphatic carbocycles. The number of barbiturate groups is 1. The summed E-state index contributed by atoms with van der Waals surface area (Å²) in [6, 6.07) is -0.725. The zero-order valence-electron chi connectivity index (χ0n) is 10.2. The summed E-state index contributed by atoms with van der Waals surface area (Å²) in [5, 5.41) is 4.31. The number of hydrogen-bond donors (Lipinski definition) is 2. The van der Waals surface area contributed by atoms with Crippen molar-refractivity contribution >= 4 is 17.8 Å². The van der Waals surface area contributed by atoms with E-state index in [1.807, 2.05) is 13.8 Å². The van der Waals surface area contributed by atoms with Crippen LogP contribution in [0.4, 0.5) is 4.79 Å². The summed E-state index contributed by atoms with van der Waals surface area (Å²) in [4.78, 5) is 34.5. The molecule has 1 unspecified atom stereocenters. The SMILES string of the molecule is CCC(C)C1(CC)C(=O)NC(=O)NC1=O.[Na+]. The molecule has 1 aliphatic heterocycles. The van der Waals surface area contributed by atoms with Crippen molar-refractivity contribution in [2.24, 2.45) is 11.3 Å². The van der Waals surface area contributed by atoms with Crippen LogP contribution in [0.25, 0.3) is 0 Å². The molecule has 0 aromatic carbocycles. The number of rotatable bonds is 3. The first kappa shape index (κ1) is 15.6. The second-order valence-electron chi connectivity index (χ2n) is 3.87. The van der Waals surface area contributed by atoms with Crippen LogP contribution in [-0.2, 0) is 9.59 Å². The van der Waals surface area contributed by atoms with E-state index >= 15 is 0 Å². The molecule has 84 valence electrons. The molecular formula is C10H16N2NaO3+. The Bertz CT molecular complexity index is 297. The molecule has 1 rings (SSSR count). The molecule has 0 aromatic heterocycles. The van der Waals surface area contributed by atoms with Crippen molar-refractivity contribution in [1.82, 2.24) is 10.6 Å². The molecule has 6 heteroatoms. The predicted molar refractivity (Wildman–Crippen MR) is 53.9 cm³/mol. The monoisotopic (exact) mass is 235 g/mol. The number of amides is 4. The Kier molecular flexibility index (Phi) is 5.65. The molecule has 0 spiro atoms. The second kappa shape index (κ2) is 5.80.